The molecule has 0 spiro atoms. The smallest absolute Gasteiger partial charge is 0.257 e. The molecular weight excluding hydrogens is 280 g/mol. The van der Waals surface area contributed by atoms with Gasteiger partial charge in [0.25, 0.3) is 5.89 Å². The molecule has 0 saturated heterocycles. The highest BCUT2D eigenvalue weighted by Gasteiger charge is 2.39. The van der Waals surface area contributed by atoms with E-state index < -0.39 is 5.54 Å². The lowest BCUT2D eigenvalue weighted by molar-refractivity contribution is -0.117. The van der Waals surface area contributed by atoms with Crippen LogP contribution in [0.2, 0.25) is 0 Å². The van der Waals surface area contributed by atoms with Crippen molar-refractivity contribution in [2.75, 3.05) is 5.32 Å². The van der Waals surface area contributed by atoms with Gasteiger partial charge in [-0.1, -0.05) is 5.16 Å². The summed E-state index contributed by atoms with van der Waals surface area (Å²) in [6.45, 7) is 0. The number of carbonyl (C=O) groups is 1. The second kappa shape index (κ2) is 4.91. The maximum Gasteiger partial charge on any atom is 0.257 e. The first-order valence-corrected chi connectivity index (χ1v) is 7.68. The van der Waals surface area contributed by atoms with Gasteiger partial charge < -0.3 is 15.6 Å². The van der Waals surface area contributed by atoms with Crippen LogP contribution in [0.25, 0.3) is 11.5 Å². The predicted octanol–water partition coefficient (Wildman–Crippen LogP) is 2.42. The minimum Gasteiger partial charge on any atom is -0.334 e. The molecule has 0 radical (unpaired) electrons. The van der Waals surface area contributed by atoms with Gasteiger partial charge in [-0.15, -0.1) is 0 Å². The van der Waals surface area contributed by atoms with E-state index in [0.29, 0.717) is 11.7 Å². The molecule has 1 amide bonds. The van der Waals surface area contributed by atoms with E-state index in [-0.39, 0.29) is 11.8 Å². The Morgan fingerprint density at radius 2 is 2.00 bits per heavy atom. The summed E-state index contributed by atoms with van der Waals surface area (Å²) in [5, 5.41) is 6.91. The predicted molar refractivity (Wildman–Crippen MR) is 80.8 cm³/mol. The van der Waals surface area contributed by atoms with Crippen LogP contribution < -0.4 is 11.1 Å². The molecule has 2 fully saturated rings. The van der Waals surface area contributed by atoms with Crippen LogP contribution in [0.5, 0.6) is 0 Å². The molecule has 2 saturated carbocycles. The highest BCUT2D eigenvalue weighted by Crippen LogP contribution is 2.37. The van der Waals surface area contributed by atoms with Crippen molar-refractivity contribution >= 4 is 11.6 Å². The molecule has 0 bridgehead atoms. The fourth-order valence-corrected chi connectivity index (χ4v) is 2.61. The van der Waals surface area contributed by atoms with Crippen LogP contribution in [0.4, 0.5) is 5.69 Å². The number of nitrogens with two attached hydrogens (primary N) is 1. The van der Waals surface area contributed by atoms with Crippen LogP contribution in [0.3, 0.4) is 0 Å². The quantitative estimate of drug-likeness (QED) is 0.904. The summed E-state index contributed by atoms with van der Waals surface area (Å²) in [5.74, 6) is 1.34. The van der Waals surface area contributed by atoms with Crippen molar-refractivity contribution in [3.8, 4) is 11.5 Å². The Kier molecular flexibility index (Phi) is 3.00. The molecule has 1 aromatic carbocycles. The van der Waals surface area contributed by atoms with E-state index in [1.54, 1.807) is 0 Å². The Balaban J connectivity index is 1.49. The minimum atomic E-state index is -0.417. The van der Waals surface area contributed by atoms with Crippen molar-refractivity contribution in [2.45, 2.75) is 37.6 Å². The van der Waals surface area contributed by atoms with E-state index in [0.717, 1.165) is 43.4 Å². The number of nitrogens with one attached hydrogen (secondary N) is 1. The lowest BCUT2D eigenvalue weighted by Crippen LogP contribution is -2.44. The van der Waals surface area contributed by atoms with E-state index in [4.69, 9.17) is 10.3 Å². The Bertz CT molecular complexity index is 699. The number of aromatic nitrogens is 2. The van der Waals surface area contributed by atoms with Gasteiger partial charge in [-0.25, -0.2) is 0 Å². The molecule has 114 valence electrons. The Morgan fingerprint density at radius 1 is 1.27 bits per heavy atom. The molecule has 1 heterocycles. The van der Waals surface area contributed by atoms with Gasteiger partial charge in [-0.2, -0.15) is 4.98 Å². The summed E-state index contributed by atoms with van der Waals surface area (Å²) in [4.78, 5) is 16.1. The van der Waals surface area contributed by atoms with Gasteiger partial charge >= 0.3 is 0 Å². The zero-order valence-corrected chi connectivity index (χ0v) is 12.2. The summed E-state index contributed by atoms with van der Waals surface area (Å²) < 4.78 is 5.31. The average molecular weight is 298 g/mol. The van der Waals surface area contributed by atoms with Gasteiger partial charge in [0.2, 0.25) is 5.91 Å². The van der Waals surface area contributed by atoms with Crippen molar-refractivity contribution < 1.29 is 9.32 Å². The maximum absolute atomic E-state index is 11.7. The van der Waals surface area contributed by atoms with E-state index in [1.807, 2.05) is 24.3 Å². The van der Waals surface area contributed by atoms with Gasteiger partial charge in [0, 0.05) is 17.2 Å². The number of hydrogen-bond acceptors (Lipinski definition) is 5. The number of rotatable bonds is 4. The maximum atomic E-state index is 11.7. The Hall–Kier alpha value is -2.21. The Labute approximate surface area is 128 Å². The van der Waals surface area contributed by atoms with Crippen LogP contribution in [-0.4, -0.2) is 16.0 Å². The van der Waals surface area contributed by atoms with Crippen LogP contribution in [0.1, 0.15) is 37.9 Å². The summed E-state index contributed by atoms with van der Waals surface area (Å²) in [6, 6.07) is 7.43. The van der Waals surface area contributed by atoms with Crippen molar-refractivity contribution in [3.63, 3.8) is 0 Å². The molecule has 0 unspecified atom stereocenters. The molecule has 2 aliphatic rings. The highest BCUT2D eigenvalue weighted by molar-refractivity contribution is 5.94. The van der Waals surface area contributed by atoms with Gasteiger partial charge in [0.05, 0.1) is 5.54 Å². The van der Waals surface area contributed by atoms with Gasteiger partial charge in [-0.05, 0) is 56.4 Å². The van der Waals surface area contributed by atoms with E-state index in [9.17, 15) is 4.79 Å². The van der Waals surface area contributed by atoms with E-state index in [2.05, 4.69) is 15.5 Å². The van der Waals surface area contributed by atoms with Crippen LogP contribution in [0.15, 0.2) is 28.8 Å². The number of hydrogen-bond donors (Lipinski definition) is 2. The van der Waals surface area contributed by atoms with E-state index in [1.165, 1.54) is 0 Å². The molecule has 3 N–H and O–H groups in total. The van der Waals surface area contributed by atoms with Crippen molar-refractivity contribution in [3.05, 3.63) is 30.1 Å². The number of carbonyl (C=O) groups excluding carboxylic acids is 1. The molecule has 1 aromatic heterocycles. The molecule has 2 aliphatic carbocycles. The van der Waals surface area contributed by atoms with Crippen LogP contribution in [0, 0.1) is 5.92 Å². The molecule has 0 aliphatic heterocycles. The molecule has 2 aromatic rings. The van der Waals surface area contributed by atoms with Gasteiger partial charge in [0.1, 0.15) is 0 Å². The molecule has 0 atom stereocenters. The van der Waals surface area contributed by atoms with Gasteiger partial charge in [0.15, 0.2) is 5.82 Å². The average Bonchev–Trinajstić information content (AvgIpc) is 3.23. The summed E-state index contributed by atoms with van der Waals surface area (Å²) >= 11 is 0. The summed E-state index contributed by atoms with van der Waals surface area (Å²) in [5.41, 5.74) is 7.39. The number of benzene rings is 1. The first-order chi connectivity index (χ1) is 10.6. The summed E-state index contributed by atoms with van der Waals surface area (Å²) in [6.07, 6.45) is 4.90. The lowest BCUT2D eigenvalue weighted by atomic mass is 9.77. The Morgan fingerprint density at radius 3 is 2.59 bits per heavy atom. The lowest BCUT2D eigenvalue weighted by Gasteiger charge is -2.34. The molecule has 6 heteroatoms. The molecule has 22 heavy (non-hydrogen) atoms. The first-order valence-electron chi connectivity index (χ1n) is 7.68. The van der Waals surface area contributed by atoms with Crippen LogP contribution in [-0.2, 0) is 10.3 Å². The molecule has 6 nitrogen and oxygen atoms in total. The second-order valence-corrected chi connectivity index (χ2v) is 6.27. The third kappa shape index (κ3) is 2.39. The van der Waals surface area contributed by atoms with Crippen LogP contribution >= 0.6 is 0 Å². The third-order valence-electron chi connectivity index (χ3n) is 4.46. The molecule has 4 rings (SSSR count). The van der Waals surface area contributed by atoms with Gasteiger partial charge in [-0.3, -0.25) is 4.79 Å². The summed E-state index contributed by atoms with van der Waals surface area (Å²) in [7, 11) is 0. The van der Waals surface area contributed by atoms with Crippen molar-refractivity contribution in [1.82, 2.24) is 10.1 Å². The zero-order valence-electron chi connectivity index (χ0n) is 12.2. The SMILES string of the molecule is NC1(c2noc(-c3ccc(NC(=O)C4CC4)cc3)n2)CCC1. The normalized spacial score (nSPS) is 19.5. The number of anilines is 1. The number of nitrogens with zero attached hydrogens (tertiary/aromatic N) is 2. The zero-order chi connectivity index (χ0) is 15.2. The van der Waals surface area contributed by atoms with E-state index >= 15 is 0 Å². The second-order valence-electron chi connectivity index (χ2n) is 6.27. The first kappa shape index (κ1) is 13.5. The molecular formula is C16H18N4O2. The monoisotopic (exact) mass is 298 g/mol. The fraction of sp³-hybridized carbons (Fsp3) is 0.438. The number of amides is 1. The topological polar surface area (TPSA) is 94.0 Å². The standard InChI is InChI=1S/C16H18N4O2/c17-16(8-1-9-16)15-19-14(22-20-15)11-4-6-12(7-5-11)18-13(21)10-2-3-10/h4-7,10H,1-3,8-9,17H2,(H,18,21). The van der Waals surface area contributed by atoms with Crippen molar-refractivity contribution in [1.29, 1.82) is 0 Å². The minimum absolute atomic E-state index is 0.0999. The largest absolute Gasteiger partial charge is 0.334 e. The highest BCUT2D eigenvalue weighted by atomic mass is 16.5. The fourth-order valence-electron chi connectivity index (χ4n) is 2.61. The third-order valence-corrected chi connectivity index (χ3v) is 4.46. The van der Waals surface area contributed by atoms with Crippen molar-refractivity contribution in [2.24, 2.45) is 11.7 Å².